The largest absolute Gasteiger partial charge is 0.491 e. The summed E-state index contributed by atoms with van der Waals surface area (Å²) in [4.78, 5) is 12.1. The van der Waals surface area contributed by atoms with E-state index in [-0.39, 0.29) is 11.3 Å². The molecule has 0 atom stereocenters. The Bertz CT molecular complexity index is 671. The predicted octanol–water partition coefficient (Wildman–Crippen LogP) is 4.10. The topological polar surface area (TPSA) is 38.3 Å². The third kappa shape index (κ3) is 4.59. The third-order valence-corrected chi connectivity index (χ3v) is 3.73. The Balaban J connectivity index is 1.89. The van der Waals surface area contributed by atoms with Gasteiger partial charge in [-0.25, -0.2) is 0 Å². The molecule has 0 spiro atoms. The average Bonchev–Trinajstić information content (AvgIpc) is 2.51. The van der Waals surface area contributed by atoms with Crippen LogP contribution in [0.25, 0.3) is 0 Å². The lowest BCUT2D eigenvalue weighted by Gasteiger charge is -2.22. The summed E-state index contributed by atoms with van der Waals surface area (Å²) in [5.74, 6) is 0.820. The van der Waals surface area contributed by atoms with Gasteiger partial charge in [-0.1, -0.05) is 57.2 Å². The minimum atomic E-state index is -0.0594. The number of nitrogens with one attached hydrogen (secondary N) is 1. The summed E-state index contributed by atoms with van der Waals surface area (Å²) >= 11 is 0. The first kappa shape index (κ1) is 17.1. The summed E-state index contributed by atoms with van der Waals surface area (Å²) in [6.07, 6.45) is 0. The molecule has 0 saturated heterocycles. The van der Waals surface area contributed by atoms with E-state index in [2.05, 4.69) is 32.2 Å². The van der Waals surface area contributed by atoms with Gasteiger partial charge in [0, 0.05) is 5.56 Å². The van der Waals surface area contributed by atoms with Crippen LogP contribution in [-0.2, 0) is 5.41 Å². The Kier molecular flexibility index (Phi) is 5.43. The van der Waals surface area contributed by atoms with Gasteiger partial charge in [-0.3, -0.25) is 4.79 Å². The van der Waals surface area contributed by atoms with Gasteiger partial charge in [0.15, 0.2) is 0 Å². The van der Waals surface area contributed by atoms with Crippen molar-refractivity contribution in [2.24, 2.45) is 0 Å². The number of ether oxygens (including phenoxy) is 1. The minimum absolute atomic E-state index is 0.0288. The Morgan fingerprint density at radius 1 is 1.04 bits per heavy atom. The van der Waals surface area contributed by atoms with E-state index in [0.717, 1.165) is 11.3 Å². The fourth-order valence-electron chi connectivity index (χ4n) is 2.46. The monoisotopic (exact) mass is 311 g/mol. The van der Waals surface area contributed by atoms with Crippen LogP contribution >= 0.6 is 0 Å². The fourth-order valence-corrected chi connectivity index (χ4v) is 2.46. The van der Waals surface area contributed by atoms with Crippen LogP contribution in [0.15, 0.2) is 48.5 Å². The van der Waals surface area contributed by atoms with Gasteiger partial charge < -0.3 is 10.1 Å². The molecule has 3 nitrogen and oxygen atoms in total. The molecular weight excluding hydrogens is 286 g/mol. The highest BCUT2D eigenvalue weighted by molar-refractivity contribution is 5.95. The quantitative estimate of drug-likeness (QED) is 0.844. The maximum atomic E-state index is 12.1. The molecule has 0 heterocycles. The molecule has 1 N–H and O–H groups in total. The molecule has 122 valence electrons. The highest BCUT2D eigenvalue weighted by atomic mass is 16.5. The molecule has 2 aromatic carbocycles. The number of carbonyl (C=O) groups is 1. The zero-order chi connectivity index (χ0) is 16.9. The van der Waals surface area contributed by atoms with Gasteiger partial charge in [0.2, 0.25) is 0 Å². The van der Waals surface area contributed by atoms with Crippen LogP contribution in [0.4, 0.5) is 0 Å². The van der Waals surface area contributed by atoms with E-state index in [1.54, 1.807) is 0 Å². The number of rotatable bonds is 5. The van der Waals surface area contributed by atoms with Gasteiger partial charge in [0.1, 0.15) is 12.4 Å². The molecule has 2 aromatic rings. The molecule has 3 heteroatoms. The smallest absolute Gasteiger partial charge is 0.251 e. The number of benzene rings is 2. The van der Waals surface area contributed by atoms with Gasteiger partial charge in [-0.15, -0.1) is 0 Å². The number of para-hydroxylation sites is 1. The predicted molar refractivity (Wildman–Crippen MR) is 94.1 cm³/mol. The van der Waals surface area contributed by atoms with E-state index in [1.807, 2.05) is 49.4 Å². The molecule has 23 heavy (non-hydrogen) atoms. The second-order valence-electron chi connectivity index (χ2n) is 6.67. The summed E-state index contributed by atoms with van der Waals surface area (Å²) in [5, 5.41) is 2.90. The third-order valence-electron chi connectivity index (χ3n) is 3.73. The van der Waals surface area contributed by atoms with Gasteiger partial charge in [0.25, 0.3) is 5.91 Å². The lowest BCUT2D eigenvalue weighted by Crippen LogP contribution is -2.29. The molecule has 0 aliphatic heterocycles. The lowest BCUT2D eigenvalue weighted by atomic mass is 9.86. The highest BCUT2D eigenvalue weighted by Crippen LogP contribution is 2.30. The molecule has 0 aliphatic carbocycles. The first-order valence-corrected chi connectivity index (χ1v) is 7.96. The van der Waals surface area contributed by atoms with Crippen molar-refractivity contribution in [3.8, 4) is 5.75 Å². The van der Waals surface area contributed by atoms with Crippen molar-refractivity contribution in [1.29, 1.82) is 0 Å². The summed E-state index contributed by atoms with van der Waals surface area (Å²) < 4.78 is 5.87. The zero-order valence-corrected chi connectivity index (χ0v) is 14.3. The van der Waals surface area contributed by atoms with Crippen molar-refractivity contribution in [1.82, 2.24) is 5.32 Å². The Labute approximate surface area is 138 Å². The summed E-state index contributed by atoms with van der Waals surface area (Å²) in [6, 6.07) is 15.6. The summed E-state index contributed by atoms with van der Waals surface area (Å²) in [7, 11) is 0. The molecule has 1 amide bonds. The second-order valence-corrected chi connectivity index (χ2v) is 6.67. The van der Waals surface area contributed by atoms with Crippen molar-refractivity contribution in [2.75, 3.05) is 13.2 Å². The molecule has 0 radical (unpaired) electrons. The normalized spacial score (nSPS) is 11.1. The number of amides is 1. The van der Waals surface area contributed by atoms with E-state index >= 15 is 0 Å². The van der Waals surface area contributed by atoms with Crippen LogP contribution in [0.3, 0.4) is 0 Å². The maximum absolute atomic E-state index is 12.1. The van der Waals surface area contributed by atoms with Crippen LogP contribution < -0.4 is 10.1 Å². The standard InChI is InChI=1S/C20H25NO2/c1-15-9-5-6-10-16(15)19(22)21-13-14-23-18-12-8-7-11-17(18)20(2,3)4/h5-12H,13-14H2,1-4H3,(H,21,22). The van der Waals surface area contributed by atoms with Crippen LogP contribution in [-0.4, -0.2) is 19.1 Å². The van der Waals surface area contributed by atoms with Crippen LogP contribution in [0.1, 0.15) is 42.3 Å². The molecule has 0 saturated carbocycles. The van der Waals surface area contributed by atoms with Crippen molar-refractivity contribution >= 4 is 5.91 Å². The van der Waals surface area contributed by atoms with Gasteiger partial charge >= 0.3 is 0 Å². The Hall–Kier alpha value is -2.29. The van der Waals surface area contributed by atoms with Crippen LogP contribution in [0.5, 0.6) is 5.75 Å². The molecule has 2 rings (SSSR count). The highest BCUT2D eigenvalue weighted by Gasteiger charge is 2.18. The van der Waals surface area contributed by atoms with E-state index in [9.17, 15) is 4.79 Å². The number of aryl methyl sites for hydroxylation is 1. The SMILES string of the molecule is Cc1ccccc1C(=O)NCCOc1ccccc1C(C)(C)C. The van der Waals surface area contributed by atoms with Gasteiger partial charge in [-0.05, 0) is 35.6 Å². The van der Waals surface area contributed by atoms with Gasteiger partial charge in [-0.2, -0.15) is 0 Å². The summed E-state index contributed by atoms with van der Waals surface area (Å²) in [6.45, 7) is 9.35. The number of hydrogen-bond donors (Lipinski definition) is 1. The van der Waals surface area contributed by atoms with Crippen molar-refractivity contribution in [3.63, 3.8) is 0 Å². The first-order chi connectivity index (χ1) is 10.9. The van der Waals surface area contributed by atoms with Crippen molar-refractivity contribution in [2.45, 2.75) is 33.1 Å². The molecule has 0 unspecified atom stereocenters. The molecule has 0 aromatic heterocycles. The Morgan fingerprint density at radius 2 is 1.70 bits per heavy atom. The molecular formula is C20H25NO2. The second kappa shape index (κ2) is 7.32. The van der Waals surface area contributed by atoms with Crippen molar-refractivity contribution in [3.05, 3.63) is 65.2 Å². The number of carbonyl (C=O) groups excluding carboxylic acids is 1. The molecule has 0 aliphatic rings. The Morgan fingerprint density at radius 3 is 2.39 bits per heavy atom. The minimum Gasteiger partial charge on any atom is -0.491 e. The van der Waals surface area contributed by atoms with Crippen LogP contribution in [0.2, 0.25) is 0 Å². The van der Waals surface area contributed by atoms with E-state index in [0.29, 0.717) is 18.7 Å². The van der Waals surface area contributed by atoms with Crippen LogP contribution in [0, 0.1) is 6.92 Å². The van der Waals surface area contributed by atoms with Crippen molar-refractivity contribution < 1.29 is 9.53 Å². The average molecular weight is 311 g/mol. The fraction of sp³-hybridized carbons (Fsp3) is 0.350. The summed E-state index contributed by atoms with van der Waals surface area (Å²) in [5.41, 5.74) is 2.89. The first-order valence-electron chi connectivity index (χ1n) is 7.96. The van der Waals surface area contributed by atoms with Gasteiger partial charge in [0.05, 0.1) is 6.54 Å². The van der Waals surface area contributed by atoms with E-state index in [1.165, 1.54) is 5.56 Å². The zero-order valence-electron chi connectivity index (χ0n) is 14.3. The van der Waals surface area contributed by atoms with E-state index < -0.39 is 0 Å². The number of hydrogen-bond acceptors (Lipinski definition) is 2. The molecule has 0 fully saturated rings. The van der Waals surface area contributed by atoms with E-state index in [4.69, 9.17) is 4.74 Å². The maximum Gasteiger partial charge on any atom is 0.251 e. The lowest BCUT2D eigenvalue weighted by molar-refractivity contribution is 0.0946. The molecule has 0 bridgehead atoms.